The van der Waals surface area contributed by atoms with Gasteiger partial charge in [0.15, 0.2) is 0 Å². The summed E-state index contributed by atoms with van der Waals surface area (Å²) in [5.74, 6) is 2.59. The van der Waals surface area contributed by atoms with Crippen molar-refractivity contribution >= 4 is 16.5 Å². The third-order valence-electron chi connectivity index (χ3n) is 2.60. The summed E-state index contributed by atoms with van der Waals surface area (Å²) in [6.07, 6.45) is 5.47. The molecule has 0 bridgehead atoms. The fraction of sp³-hybridized carbons (Fsp3) is 0.0714. The maximum Gasteiger partial charge on any atom is 0.100 e. The fourth-order valence-electron chi connectivity index (χ4n) is 1.95. The Hall–Kier alpha value is -2.45. The van der Waals surface area contributed by atoms with Gasteiger partial charge in [0.2, 0.25) is 0 Å². The number of hydrogen-bond acceptors (Lipinski definition) is 2. The Labute approximate surface area is 94.3 Å². The molecule has 76 valence electrons. The van der Waals surface area contributed by atoms with Crippen LogP contribution in [0.3, 0.4) is 0 Å². The van der Waals surface area contributed by atoms with E-state index in [0.29, 0.717) is 16.8 Å². The van der Waals surface area contributed by atoms with Crippen LogP contribution in [0.5, 0.6) is 0 Å². The number of nitrogens with two attached hydrogens (primary N) is 1. The van der Waals surface area contributed by atoms with E-state index in [1.54, 1.807) is 6.07 Å². The van der Waals surface area contributed by atoms with Gasteiger partial charge in [-0.3, -0.25) is 0 Å². The Morgan fingerprint density at radius 3 is 2.69 bits per heavy atom. The Balaban J connectivity index is 3.01. The van der Waals surface area contributed by atoms with Crippen LogP contribution < -0.4 is 5.73 Å². The molecule has 2 aromatic carbocycles. The summed E-state index contributed by atoms with van der Waals surface area (Å²) in [5.41, 5.74) is 8.66. The van der Waals surface area contributed by atoms with Gasteiger partial charge in [0.1, 0.15) is 6.07 Å². The molecule has 0 heterocycles. The number of aryl methyl sites for hydroxylation is 1. The number of terminal acetylenes is 1. The van der Waals surface area contributed by atoms with Crippen molar-refractivity contribution in [1.29, 1.82) is 5.26 Å². The molecule has 0 amide bonds. The van der Waals surface area contributed by atoms with Gasteiger partial charge in [0.05, 0.1) is 11.1 Å². The van der Waals surface area contributed by atoms with Gasteiger partial charge < -0.3 is 5.73 Å². The summed E-state index contributed by atoms with van der Waals surface area (Å²) in [5, 5.41) is 10.9. The number of rotatable bonds is 0. The first-order valence-corrected chi connectivity index (χ1v) is 4.87. The molecule has 2 aromatic rings. The third-order valence-corrected chi connectivity index (χ3v) is 2.60. The molecule has 0 unspecified atom stereocenters. The Kier molecular flexibility index (Phi) is 2.27. The van der Waals surface area contributed by atoms with E-state index in [9.17, 15) is 0 Å². The van der Waals surface area contributed by atoms with Crippen molar-refractivity contribution in [2.75, 3.05) is 5.73 Å². The number of fused-ring (bicyclic) bond motifs is 1. The Morgan fingerprint density at radius 1 is 1.31 bits per heavy atom. The minimum Gasteiger partial charge on any atom is -0.399 e. The standard InChI is InChI=1S/C14H10N2/c1-3-13-11(8-15)5-4-10-7-12(16)6-9(2)14(10)13/h1,4-7H,16H2,2H3. The maximum atomic E-state index is 8.98. The zero-order valence-electron chi connectivity index (χ0n) is 8.91. The SMILES string of the molecule is C#Cc1c(C#N)ccc2cc(N)cc(C)c12. The van der Waals surface area contributed by atoms with Crippen molar-refractivity contribution in [2.24, 2.45) is 0 Å². The number of anilines is 1. The minimum atomic E-state index is 0.530. The number of nitriles is 1. The largest absolute Gasteiger partial charge is 0.399 e. The lowest BCUT2D eigenvalue weighted by atomic mass is 9.96. The topological polar surface area (TPSA) is 49.8 Å². The molecule has 0 saturated heterocycles. The normalized spacial score (nSPS) is 9.69. The highest BCUT2D eigenvalue weighted by molar-refractivity contribution is 5.94. The number of nitrogen functional groups attached to an aromatic ring is 1. The van der Waals surface area contributed by atoms with Crippen LogP contribution in [-0.2, 0) is 0 Å². The molecular formula is C14H10N2. The lowest BCUT2D eigenvalue weighted by Crippen LogP contribution is -1.92. The lowest BCUT2D eigenvalue weighted by Gasteiger charge is -2.07. The molecular weight excluding hydrogens is 196 g/mol. The van der Waals surface area contributed by atoms with Crippen LogP contribution >= 0.6 is 0 Å². The average molecular weight is 206 g/mol. The molecule has 0 atom stereocenters. The van der Waals surface area contributed by atoms with Crippen molar-refractivity contribution in [2.45, 2.75) is 6.92 Å². The predicted molar refractivity (Wildman–Crippen MR) is 65.7 cm³/mol. The highest BCUT2D eigenvalue weighted by atomic mass is 14.5. The van der Waals surface area contributed by atoms with Gasteiger partial charge in [0, 0.05) is 11.1 Å². The van der Waals surface area contributed by atoms with E-state index >= 15 is 0 Å². The van der Waals surface area contributed by atoms with E-state index in [4.69, 9.17) is 17.4 Å². The van der Waals surface area contributed by atoms with Gasteiger partial charge in [0.25, 0.3) is 0 Å². The fourth-order valence-corrected chi connectivity index (χ4v) is 1.95. The quantitative estimate of drug-likeness (QED) is 0.532. The summed E-state index contributed by atoms with van der Waals surface area (Å²) in [7, 11) is 0. The summed E-state index contributed by atoms with van der Waals surface area (Å²) in [6, 6.07) is 9.44. The second-order valence-electron chi connectivity index (χ2n) is 3.68. The van der Waals surface area contributed by atoms with Gasteiger partial charge in [-0.25, -0.2) is 0 Å². The Morgan fingerprint density at radius 2 is 2.06 bits per heavy atom. The third kappa shape index (κ3) is 1.38. The molecule has 0 saturated carbocycles. The molecule has 2 nitrogen and oxygen atoms in total. The predicted octanol–water partition coefficient (Wildman–Crippen LogP) is 2.58. The highest BCUT2D eigenvalue weighted by Gasteiger charge is 2.08. The lowest BCUT2D eigenvalue weighted by molar-refractivity contribution is 1.47. The molecule has 2 N–H and O–H groups in total. The van der Waals surface area contributed by atoms with Gasteiger partial charge >= 0.3 is 0 Å². The van der Waals surface area contributed by atoms with Crippen LogP contribution in [0.1, 0.15) is 16.7 Å². The first kappa shape index (κ1) is 10.1. The van der Waals surface area contributed by atoms with Crippen LogP contribution in [-0.4, -0.2) is 0 Å². The molecule has 0 aliphatic carbocycles. The highest BCUT2D eigenvalue weighted by Crippen LogP contribution is 2.27. The summed E-state index contributed by atoms with van der Waals surface area (Å²) >= 11 is 0. The van der Waals surface area contributed by atoms with E-state index in [2.05, 4.69) is 12.0 Å². The molecule has 0 aromatic heterocycles. The van der Waals surface area contributed by atoms with E-state index < -0.39 is 0 Å². The van der Waals surface area contributed by atoms with Crippen LogP contribution in [0.25, 0.3) is 10.8 Å². The van der Waals surface area contributed by atoms with Gasteiger partial charge in [-0.1, -0.05) is 12.0 Å². The zero-order valence-corrected chi connectivity index (χ0v) is 8.91. The number of benzene rings is 2. The molecule has 2 heteroatoms. The van der Waals surface area contributed by atoms with Gasteiger partial charge in [-0.15, -0.1) is 6.42 Å². The summed E-state index contributed by atoms with van der Waals surface area (Å²) < 4.78 is 0. The molecule has 0 aliphatic heterocycles. The smallest absolute Gasteiger partial charge is 0.100 e. The number of hydrogen-bond donors (Lipinski definition) is 1. The van der Waals surface area contributed by atoms with Crippen molar-refractivity contribution in [1.82, 2.24) is 0 Å². The van der Waals surface area contributed by atoms with Crippen molar-refractivity contribution < 1.29 is 0 Å². The molecule has 0 fully saturated rings. The van der Waals surface area contributed by atoms with Crippen molar-refractivity contribution in [3.05, 3.63) is 41.0 Å². The van der Waals surface area contributed by atoms with Gasteiger partial charge in [-0.05, 0) is 36.1 Å². The van der Waals surface area contributed by atoms with E-state index in [1.165, 1.54) is 0 Å². The maximum absolute atomic E-state index is 8.98. The second kappa shape index (κ2) is 3.61. The van der Waals surface area contributed by atoms with Crippen LogP contribution in [0.2, 0.25) is 0 Å². The summed E-state index contributed by atoms with van der Waals surface area (Å²) in [6.45, 7) is 1.95. The first-order chi connectivity index (χ1) is 7.67. The van der Waals surface area contributed by atoms with Crippen LogP contribution in [0.15, 0.2) is 24.3 Å². The first-order valence-electron chi connectivity index (χ1n) is 4.87. The average Bonchev–Trinajstić information content (AvgIpc) is 2.27. The monoisotopic (exact) mass is 206 g/mol. The molecule has 0 aliphatic rings. The Bertz CT molecular complexity index is 655. The van der Waals surface area contributed by atoms with Crippen molar-refractivity contribution in [3.8, 4) is 18.4 Å². The second-order valence-corrected chi connectivity index (χ2v) is 3.68. The zero-order chi connectivity index (χ0) is 11.7. The van der Waals surface area contributed by atoms with Crippen LogP contribution in [0, 0.1) is 30.6 Å². The van der Waals surface area contributed by atoms with E-state index in [-0.39, 0.29) is 0 Å². The molecule has 2 rings (SSSR count). The molecule has 16 heavy (non-hydrogen) atoms. The molecule has 0 radical (unpaired) electrons. The molecule has 0 spiro atoms. The van der Waals surface area contributed by atoms with Gasteiger partial charge in [-0.2, -0.15) is 5.26 Å². The summed E-state index contributed by atoms with van der Waals surface area (Å²) in [4.78, 5) is 0. The minimum absolute atomic E-state index is 0.530. The van der Waals surface area contributed by atoms with E-state index in [0.717, 1.165) is 16.3 Å². The van der Waals surface area contributed by atoms with Crippen molar-refractivity contribution in [3.63, 3.8) is 0 Å². The van der Waals surface area contributed by atoms with E-state index in [1.807, 2.05) is 25.1 Å². The van der Waals surface area contributed by atoms with Crippen LogP contribution in [0.4, 0.5) is 5.69 Å². The number of nitrogens with zero attached hydrogens (tertiary/aromatic N) is 1.